The molecular weight excluding hydrogens is 268 g/mol. The lowest BCUT2D eigenvalue weighted by Gasteiger charge is -2.06. The molecule has 0 saturated carbocycles. The molecule has 6 heteroatoms. The number of pyridine rings is 1. The quantitative estimate of drug-likeness (QED) is 0.873. The van der Waals surface area contributed by atoms with Crippen molar-refractivity contribution in [3.05, 3.63) is 29.0 Å². The lowest BCUT2D eigenvalue weighted by atomic mass is 10.2. The van der Waals surface area contributed by atoms with E-state index in [9.17, 15) is 0 Å². The molecule has 0 saturated heterocycles. The summed E-state index contributed by atoms with van der Waals surface area (Å²) in [6, 6.07) is 3.93. The van der Waals surface area contributed by atoms with E-state index in [1.165, 1.54) is 0 Å². The smallest absolute Gasteiger partial charge is 0.139 e. The summed E-state index contributed by atoms with van der Waals surface area (Å²) in [6.45, 7) is 1.95. The fourth-order valence-electron chi connectivity index (χ4n) is 1.65. The molecule has 2 aromatic rings. The van der Waals surface area contributed by atoms with Crippen LogP contribution in [-0.4, -0.2) is 9.55 Å². The second-order valence-corrected chi connectivity index (χ2v) is 3.92. The summed E-state index contributed by atoms with van der Waals surface area (Å²) < 4.78 is 2.00. The van der Waals surface area contributed by atoms with Crippen LogP contribution in [0.1, 0.15) is 18.7 Å². The number of nitrogens with zero attached hydrogens (tertiary/aromatic N) is 2. The molecule has 0 aliphatic rings. The minimum absolute atomic E-state index is 0. The zero-order chi connectivity index (χ0) is 10.3. The van der Waals surface area contributed by atoms with Gasteiger partial charge in [0.25, 0.3) is 0 Å². The standard InChI is InChI=1S/C10H12ClN3.2ClH/c1-6(12)9-4-7-3-8(11)5-13-10(7)14(9)2;;/h3-6H,12H2,1-2H3;2*1H. The summed E-state index contributed by atoms with van der Waals surface area (Å²) in [5.41, 5.74) is 7.82. The Bertz CT molecular complexity index is 479. The van der Waals surface area contributed by atoms with Gasteiger partial charge in [0, 0.05) is 30.4 Å². The van der Waals surface area contributed by atoms with Crippen molar-refractivity contribution in [2.24, 2.45) is 12.8 Å². The molecule has 2 aromatic heterocycles. The van der Waals surface area contributed by atoms with Crippen LogP contribution in [0.2, 0.25) is 5.02 Å². The van der Waals surface area contributed by atoms with E-state index in [1.54, 1.807) is 6.20 Å². The Hall–Kier alpha value is -0.480. The molecule has 2 rings (SSSR count). The first kappa shape index (κ1) is 15.5. The summed E-state index contributed by atoms with van der Waals surface area (Å²) in [4.78, 5) is 4.26. The third-order valence-electron chi connectivity index (χ3n) is 2.34. The average molecular weight is 283 g/mol. The van der Waals surface area contributed by atoms with Crippen LogP contribution >= 0.6 is 36.4 Å². The molecule has 90 valence electrons. The molecule has 1 unspecified atom stereocenters. The van der Waals surface area contributed by atoms with E-state index in [0.29, 0.717) is 5.02 Å². The van der Waals surface area contributed by atoms with Crippen LogP contribution in [0.25, 0.3) is 11.0 Å². The molecule has 1 atom stereocenters. The molecule has 0 spiro atoms. The van der Waals surface area contributed by atoms with E-state index in [2.05, 4.69) is 4.98 Å². The monoisotopic (exact) mass is 281 g/mol. The van der Waals surface area contributed by atoms with Gasteiger partial charge in [0.2, 0.25) is 0 Å². The lowest BCUT2D eigenvalue weighted by molar-refractivity contribution is 0.723. The van der Waals surface area contributed by atoms with Crippen molar-refractivity contribution in [3.8, 4) is 0 Å². The Kier molecular flexibility index (Phi) is 5.56. The van der Waals surface area contributed by atoms with Gasteiger partial charge in [-0.15, -0.1) is 24.8 Å². The summed E-state index contributed by atoms with van der Waals surface area (Å²) >= 11 is 5.86. The maximum absolute atomic E-state index is 5.86. The maximum atomic E-state index is 5.86. The van der Waals surface area contributed by atoms with Gasteiger partial charge in [-0.25, -0.2) is 4.98 Å². The van der Waals surface area contributed by atoms with Gasteiger partial charge in [-0.1, -0.05) is 11.6 Å². The number of halogens is 3. The first-order valence-corrected chi connectivity index (χ1v) is 4.84. The topological polar surface area (TPSA) is 43.8 Å². The third-order valence-corrected chi connectivity index (χ3v) is 2.54. The normalized spacial score (nSPS) is 11.8. The molecule has 0 radical (unpaired) electrons. The summed E-state index contributed by atoms with van der Waals surface area (Å²) in [7, 11) is 1.96. The van der Waals surface area contributed by atoms with Gasteiger partial charge < -0.3 is 10.3 Å². The number of nitrogens with two attached hydrogens (primary N) is 1. The molecule has 0 aromatic carbocycles. The maximum Gasteiger partial charge on any atom is 0.139 e. The van der Waals surface area contributed by atoms with Crippen LogP contribution in [0, 0.1) is 0 Å². The number of hydrogen-bond acceptors (Lipinski definition) is 2. The highest BCUT2D eigenvalue weighted by Gasteiger charge is 2.09. The highest BCUT2D eigenvalue weighted by atomic mass is 35.5. The van der Waals surface area contributed by atoms with E-state index in [1.807, 2.05) is 30.7 Å². The summed E-state index contributed by atoms with van der Waals surface area (Å²) in [5, 5.41) is 1.69. The van der Waals surface area contributed by atoms with Gasteiger partial charge in [0.05, 0.1) is 5.02 Å². The van der Waals surface area contributed by atoms with Gasteiger partial charge in [0.15, 0.2) is 0 Å². The van der Waals surface area contributed by atoms with Gasteiger partial charge in [-0.3, -0.25) is 0 Å². The van der Waals surface area contributed by atoms with Crippen LogP contribution in [0.3, 0.4) is 0 Å². The fraction of sp³-hybridized carbons (Fsp3) is 0.300. The SMILES string of the molecule is CC(N)c1cc2cc(Cl)cnc2n1C.Cl.Cl. The summed E-state index contributed by atoms with van der Waals surface area (Å²) in [6.07, 6.45) is 1.65. The molecule has 0 bridgehead atoms. The molecule has 0 aliphatic carbocycles. The van der Waals surface area contributed by atoms with E-state index in [4.69, 9.17) is 17.3 Å². The predicted molar refractivity (Wildman–Crippen MR) is 72.8 cm³/mol. The van der Waals surface area contributed by atoms with Crippen LogP contribution in [0.4, 0.5) is 0 Å². The highest BCUT2D eigenvalue weighted by Crippen LogP contribution is 2.22. The van der Waals surface area contributed by atoms with Crippen molar-refractivity contribution in [3.63, 3.8) is 0 Å². The van der Waals surface area contributed by atoms with Crippen molar-refractivity contribution < 1.29 is 0 Å². The molecule has 16 heavy (non-hydrogen) atoms. The Morgan fingerprint density at radius 1 is 1.38 bits per heavy atom. The predicted octanol–water partition coefficient (Wildman–Crippen LogP) is 3.09. The number of aromatic nitrogens is 2. The zero-order valence-electron chi connectivity index (χ0n) is 8.98. The van der Waals surface area contributed by atoms with Crippen molar-refractivity contribution >= 4 is 47.4 Å². The number of rotatable bonds is 1. The van der Waals surface area contributed by atoms with E-state index in [-0.39, 0.29) is 30.9 Å². The fourth-order valence-corrected chi connectivity index (χ4v) is 1.82. The Labute approximate surface area is 112 Å². The average Bonchev–Trinajstić information content (AvgIpc) is 2.43. The highest BCUT2D eigenvalue weighted by molar-refractivity contribution is 6.31. The lowest BCUT2D eigenvalue weighted by Crippen LogP contribution is -2.09. The van der Waals surface area contributed by atoms with E-state index < -0.39 is 0 Å². The van der Waals surface area contributed by atoms with Gasteiger partial charge in [-0.2, -0.15) is 0 Å². The molecule has 0 aliphatic heterocycles. The minimum Gasteiger partial charge on any atom is -0.331 e. The zero-order valence-corrected chi connectivity index (χ0v) is 11.4. The van der Waals surface area contributed by atoms with Crippen molar-refractivity contribution in [2.75, 3.05) is 0 Å². The van der Waals surface area contributed by atoms with Crippen LogP contribution in [0.5, 0.6) is 0 Å². The van der Waals surface area contributed by atoms with Gasteiger partial charge in [-0.05, 0) is 19.1 Å². The van der Waals surface area contributed by atoms with Gasteiger partial charge in [0.1, 0.15) is 5.65 Å². The molecule has 3 nitrogen and oxygen atoms in total. The van der Waals surface area contributed by atoms with E-state index >= 15 is 0 Å². The van der Waals surface area contributed by atoms with Crippen LogP contribution in [-0.2, 0) is 7.05 Å². The Morgan fingerprint density at radius 2 is 2.00 bits per heavy atom. The van der Waals surface area contributed by atoms with Crippen LogP contribution < -0.4 is 5.73 Å². The number of fused-ring (bicyclic) bond motifs is 1. The first-order chi connectivity index (χ1) is 6.59. The van der Waals surface area contributed by atoms with Gasteiger partial charge >= 0.3 is 0 Å². The Morgan fingerprint density at radius 3 is 2.56 bits per heavy atom. The number of aryl methyl sites for hydroxylation is 1. The molecule has 0 amide bonds. The third kappa shape index (κ3) is 2.61. The van der Waals surface area contributed by atoms with Crippen molar-refractivity contribution in [2.45, 2.75) is 13.0 Å². The molecule has 0 fully saturated rings. The van der Waals surface area contributed by atoms with Crippen molar-refractivity contribution in [1.29, 1.82) is 0 Å². The minimum atomic E-state index is 0. The molecule has 2 heterocycles. The molecule has 2 N–H and O–H groups in total. The Balaban J connectivity index is 0.00000112. The second kappa shape index (κ2) is 5.73. The van der Waals surface area contributed by atoms with E-state index in [0.717, 1.165) is 16.7 Å². The first-order valence-electron chi connectivity index (χ1n) is 4.46. The van der Waals surface area contributed by atoms with Crippen molar-refractivity contribution in [1.82, 2.24) is 9.55 Å². The number of hydrogen-bond donors (Lipinski definition) is 1. The second-order valence-electron chi connectivity index (χ2n) is 3.48. The molecular formula is C10H14Cl3N3. The summed E-state index contributed by atoms with van der Waals surface area (Å²) in [5.74, 6) is 0. The van der Waals surface area contributed by atoms with Crippen LogP contribution in [0.15, 0.2) is 18.3 Å². The largest absolute Gasteiger partial charge is 0.331 e.